The summed E-state index contributed by atoms with van der Waals surface area (Å²) in [6.45, 7) is 2.21. The van der Waals surface area contributed by atoms with Crippen LogP contribution < -0.4 is 0 Å². The van der Waals surface area contributed by atoms with E-state index < -0.39 is 0 Å². The van der Waals surface area contributed by atoms with E-state index >= 15 is 0 Å². The Balaban J connectivity index is 2.52. The summed E-state index contributed by atoms with van der Waals surface area (Å²) in [7, 11) is 1.61. The SMILES string of the molecule is CCC1CCCCC1C(=N)OC. The third-order valence-electron chi connectivity index (χ3n) is 2.99. The van der Waals surface area contributed by atoms with E-state index in [0.717, 1.165) is 6.42 Å². The lowest BCUT2D eigenvalue weighted by atomic mass is 9.78. The maximum atomic E-state index is 7.64. The quantitative estimate of drug-likeness (QED) is 0.500. The maximum Gasteiger partial charge on any atom is 0.183 e. The van der Waals surface area contributed by atoms with Crippen molar-refractivity contribution in [3.8, 4) is 0 Å². The zero-order valence-corrected chi connectivity index (χ0v) is 8.10. The van der Waals surface area contributed by atoms with Crippen LogP contribution in [0.3, 0.4) is 0 Å². The molecule has 1 N–H and O–H groups in total. The Labute approximate surface area is 74.8 Å². The van der Waals surface area contributed by atoms with Gasteiger partial charge in [-0.1, -0.05) is 26.2 Å². The summed E-state index contributed by atoms with van der Waals surface area (Å²) in [5, 5.41) is 7.64. The van der Waals surface area contributed by atoms with E-state index in [1.807, 2.05) is 0 Å². The van der Waals surface area contributed by atoms with E-state index in [2.05, 4.69) is 6.92 Å². The molecule has 2 atom stereocenters. The van der Waals surface area contributed by atoms with Crippen molar-refractivity contribution >= 4 is 5.90 Å². The Morgan fingerprint density at radius 2 is 2.08 bits per heavy atom. The molecule has 1 saturated carbocycles. The first-order chi connectivity index (χ1) is 5.79. The first kappa shape index (κ1) is 9.56. The molecule has 1 aliphatic rings. The van der Waals surface area contributed by atoms with Crippen molar-refractivity contribution in [2.24, 2.45) is 11.8 Å². The Hall–Kier alpha value is -0.530. The summed E-state index contributed by atoms with van der Waals surface area (Å²) in [4.78, 5) is 0. The predicted octanol–water partition coefficient (Wildman–Crippen LogP) is 2.83. The summed E-state index contributed by atoms with van der Waals surface area (Å²) in [5.74, 6) is 1.61. The Morgan fingerprint density at radius 1 is 1.42 bits per heavy atom. The van der Waals surface area contributed by atoms with Crippen molar-refractivity contribution < 1.29 is 4.74 Å². The molecule has 0 aromatic carbocycles. The van der Waals surface area contributed by atoms with E-state index in [0.29, 0.717) is 17.7 Å². The molecule has 0 heterocycles. The van der Waals surface area contributed by atoms with E-state index in [1.54, 1.807) is 7.11 Å². The second-order valence-corrected chi connectivity index (χ2v) is 3.63. The number of nitrogens with one attached hydrogen (secondary N) is 1. The summed E-state index contributed by atoms with van der Waals surface area (Å²) in [6, 6.07) is 0. The van der Waals surface area contributed by atoms with Gasteiger partial charge >= 0.3 is 0 Å². The first-order valence-corrected chi connectivity index (χ1v) is 4.92. The summed E-state index contributed by atoms with van der Waals surface area (Å²) >= 11 is 0. The zero-order valence-electron chi connectivity index (χ0n) is 8.10. The lowest BCUT2D eigenvalue weighted by Crippen LogP contribution is -2.27. The molecule has 0 amide bonds. The second-order valence-electron chi connectivity index (χ2n) is 3.63. The topological polar surface area (TPSA) is 33.1 Å². The molecule has 1 rings (SSSR count). The first-order valence-electron chi connectivity index (χ1n) is 4.92. The number of hydrogen-bond donors (Lipinski definition) is 1. The van der Waals surface area contributed by atoms with Gasteiger partial charge in [0.05, 0.1) is 7.11 Å². The van der Waals surface area contributed by atoms with E-state index in [1.165, 1.54) is 25.7 Å². The lowest BCUT2D eigenvalue weighted by molar-refractivity contribution is 0.245. The third kappa shape index (κ3) is 1.99. The third-order valence-corrected chi connectivity index (χ3v) is 2.99. The predicted molar refractivity (Wildman–Crippen MR) is 50.5 cm³/mol. The van der Waals surface area contributed by atoms with Gasteiger partial charge in [0.2, 0.25) is 0 Å². The van der Waals surface area contributed by atoms with Gasteiger partial charge in [-0.2, -0.15) is 0 Å². The molecular formula is C10H19NO. The molecule has 12 heavy (non-hydrogen) atoms. The highest BCUT2D eigenvalue weighted by Crippen LogP contribution is 2.32. The van der Waals surface area contributed by atoms with Crippen LogP contribution >= 0.6 is 0 Å². The largest absolute Gasteiger partial charge is 0.484 e. The normalized spacial score (nSPS) is 29.8. The highest BCUT2D eigenvalue weighted by atomic mass is 16.5. The van der Waals surface area contributed by atoms with Crippen molar-refractivity contribution in [2.75, 3.05) is 7.11 Å². The summed E-state index contributed by atoms with van der Waals surface area (Å²) < 4.78 is 5.01. The Kier molecular flexibility index (Phi) is 3.57. The monoisotopic (exact) mass is 169 g/mol. The van der Waals surface area contributed by atoms with Gasteiger partial charge in [0.25, 0.3) is 0 Å². The summed E-state index contributed by atoms with van der Waals surface area (Å²) in [5.41, 5.74) is 0. The number of methoxy groups -OCH3 is 1. The highest BCUT2D eigenvalue weighted by Gasteiger charge is 2.27. The molecule has 2 heteroatoms. The van der Waals surface area contributed by atoms with Crippen molar-refractivity contribution in [1.29, 1.82) is 5.41 Å². The van der Waals surface area contributed by atoms with Gasteiger partial charge in [0, 0.05) is 5.92 Å². The minimum atomic E-state index is 0.411. The van der Waals surface area contributed by atoms with Crippen LogP contribution in [0.15, 0.2) is 0 Å². The molecule has 0 saturated heterocycles. The van der Waals surface area contributed by atoms with Gasteiger partial charge in [-0.05, 0) is 18.8 Å². The number of rotatable bonds is 2. The highest BCUT2D eigenvalue weighted by molar-refractivity contribution is 5.75. The van der Waals surface area contributed by atoms with Gasteiger partial charge in [-0.3, -0.25) is 5.41 Å². The van der Waals surface area contributed by atoms with Crippen LogP contribution in [0.1, 0.15) is 39.0 Å². The van der Waals surface area contributed by atoms with E-state index in [-0.39, 0.29) is 0 Å². The Morgan fingerprint density at radius 3 is 2.67 bits per heavy atom. The van der Waals surface area contributed by atoms with Gasteiger partial charge in [0.1, 0.15) is 0 Å². The molecule has 0 spiro atoms. The van der Waals surface area contributed by atoms with Crippen LogP contribution in [0.25, 0.3) is 0 Å². The number of hydrogen-bond acceptors (Lipinski definition) is 2. The molecule has 0 aromatic rings. The van der Waals surface area contributed by atoms with E-state index in [4.69, 9.17) is 10.1 Å². The van der Waals surface area contributed by atoms with Gasteiger partial charge in [0.15, 0.2) is 5.90 Å². The molecular weight excluding hydrogens is 150 g/mol. The average molecular weight is 169 g/mol. The molecule has 0 radical (unpaired) electrons. The second kappa shape index (κ2) is 4.48. The van der Waals surface area contributed by atoms with Crippen LogP contribution in [0.4, 0.5) is 0 Å². The van der Waals surface area contributed by atoms with E-state index in [9.17, 15) is 0 Å². The fourth-order valence-corrected chi connectivity index (χ4v) is 2.19. The van der Waals surface area contributed by atoms with Crippen LogP contribution in [0.5, 0.6) is 0 Å². The number of ether oxygens (including phenoxy) is 1. The maximum absolute atomic E-state index is 7.64. The molecule has 0 bridgehead atoms. The van der Waals surface area contributed by atoms with Crippen molar-refractivity contribution in [3.05, 3.63) is 0 Å². The standard InChI is InChI=1S/C10H19NO/c1-3-8-6-4-5-7-9(8)10(11)12-2/h8-9,11H,3-7H2,1-2H3. The van der Waals surface area contributed by atoms with Crippen molar-refractivity contribution in [1.82, 2.24) is 0 Å². The Bertz CT molecular complexity index is 156. The molecule has 2 nitrogen and oxygen atoms in total. The fraction of sp³-hybridized carbons (Fsp3) is 0.900. The molecule has 2 unspecified atom stereocenters. The molecule has 0 aromatic heterocycles. The molecule has 1 aliphatic carbocycles. The van der Waals surface area contributed by atoms with Crippen LogP contribution in [-0.4, -0.2) is 13.0 Å². The van der Waals surface area contributed by atoms with Crippen molar-refractivity contribution in [2.45, 2.75) is 39.0 Å². The van der Waals surface area contributed by atoms with Crippen LogP contribution in [-0.2, 0) is 4.74 Å². The molecule has 0 aliphatic heterocycles. The lowest BCUT2D eigenvalue weighted by Gasteiger charge is -2.30. The molecule has 70 valence electrons. The minimum absolute atomic E-state index is 0.411. The average Bonchev–Trinajstić information content (AvgIpc) is 2.16. The smallest absolute Gasteiger partial charge is 0.183 e. The van der Waals surface area contributed by atoms with Crippen molar-refractivity contribution in [3.63, 3.8) is 0 Å². The minimum Gasteiger partial charge on any atom is -0.484 e. The fourth-order valence-electron chi connectivity index (χ4n) is 2.19. The zero-order chi connectivity index (χ0) is 8.97. The van der Waals surface area contributed by atoms with Gasteiger partial charge < -0.3 is 4.74 Å². The molecule has 1 fully saturated rings. The van der Waals surface area contributed by atoms with Crippen LogP contribution in [0, 0.1) is 17.2 Å². The summed E-state index contributed by atoms with van der Waals surface area (Å²) in [6.07, 6.45) is 6.24. The van der Waals surface area contributed by atoms with Crippen LogP contribution in [0.2, 0.25) is 0 Å². The van der Waals surface area contributed by atoms with Gasteiger partial charge in [-0.25, -0.2) is 0 Å². The van der Waals surface area contributed by atoms with Gasteiger partial charge in [-0.15, -0.1) is 0 Å².